The van der Waals surface area contributed by atoms with Gasteiger partial charge < -0.3 is 14.8 Å². The Morgan fingerprint density at radius 3 is 2.85 bits per heavy atom. The summed E-state index contributed by atoms with van der Waals surface area (Å²) < 4.78 is 14.0. The number of thioether (sulfide) groups is 1. The zero-order valence-electron chi connectivity index (χ0n) is 18.3. The van der Waals surface area contributed by atoms with Crippen molar-refractivity contribution < 1.29 is 14.3 Å². The first-order chi connectivity index (χ1) is 16.2. The number of hydrogen-bond donors (Lipinski definition) is 1. The lowest BCUT2D eigenvalue weighted by atomic mass is 9.96. The van der Waals surface area contributed by atoms with E-state index in [9.17, 15) is 4.79 Å². The number of hydrogen-bond acceptors (Lipinski definition) is 6. The van der Waals surface area contributed by atoms with Crippen LogP contribution in [0.3, 0.4) is 0 Å². The number of ether oxygens (including phenoxy) is 2. The predicted octanol–water partition coefficient (Wildman–Crippen LogP) is 3.45. The minimum absolute atomic E-state index is 0.00157. The van der Waals surface area contributed by atoms with Crippen LogP contribution in [0.25, 0.3) is 11.7 Å². The fourth-order valence-corrected chi connectivity index (χ4v) is 5.74. The van der Waals surface area contributed by atoms with Crippen LogP contribution in [-0.4, -0.2) is 59.1 Å². The molecular weight excluding hydrogens is 436 g/mol. The third-order valence-electron chi connectivity index (χ3n) is 6.53. The second-order valence-corrected chi connectivity index (χ2v) is 9.87. The number of para-hydroxylation sites is 2. The zero-order valence-corrected chi connectivity index (χ0v) is 19.1. The van der Waals surface area contributed by atoms with Crippen molar-refractivity contribution in [3.63, 3.8) is 0 Å². The maximum Gasteiger partial charge on any atom is 0.258 e. The van der Waals surface area contributed by atoms with Gasteiger partial charge in [0.2, 0.25) is 0 Å². The first-order valence-electron chi connectivity index (χ1n) is 11.5. The molecule has 3 aliphatic rings. The molecular formula is C25H26N4O3S. The maximum absolute atomic E-state index is 12.8. The Bertz CT molecular complexity index is 1220. The number of carbonyl (C=O) groups is 1. The van der Waals surface area contributed by atoms with Gasteiger partial charge in [-0.2, -0.15) is 0 Å². The summed E-state index contributed by atoms with van der Waals surface area (Å²) in [5, 5.41) is 4.19. The minimum atomic E-state index is -0.00157. The first kappa shape index (κ1) is 20.6. The van der Waals surface area contributed by atoms with Crippen molar-refractivity contribution >= 4 is 29.4 Å². The number of nitrogens with one attached hydrogen (secondary N) is 1. The Kier molecular flexibility index (Phi) is 5.47. The molecule has 0 bridgehead atoms. The normalized spacial score (nSPS) is 20.5. The van der Waals surface area contributed by atoms with Gasteiger partial charge in [0.1, 0.15) is 18.4 Å². The summed E-state index contributed by atoms with van der Waals surface area (Å²) in [6, 6.07) is 13.8. The largest absolute Gasteiger partial charge is 0.486 e. The number of aromatic nitrogens is 2. The third kappa shape index (κ3) is 4.20. The summed E-state index contributed by atoms with van der Waals surface area (Å²) in [5.74, 6) is 2.16. The van der Waals surface area contributed by atoms with Crippen molar-refractivity contribution in [1.82, 2.24) is 19.6 Å². The average molecular weight is 463 g/mol. The highest BCUT2D eigenvalue weighted by Crippen LogP contribution is 2.34. The summed E-state index contributed by atoms with van der Waals surface area (Å²) in [7, 11) is 0. The van der Waals surface area contributed by atoms with E-state index in [-0.39, 0.29) is 12.0 Å². The Balaban J connectivity index is 0.981. The second-order valence-electron chi connectivity index (χ2n) is 8.80. The highest BCUT2D eigenvalue weighted by atomic mass is 32.2. The minimum Gasteiger partial charge on any atom is -0.486 e. The van der Waals surface area contributed by atoms with Crippen molar-refractivity contribution in [2.45, 2.75) is 24.0 Å². The topological polar surface area (TPSA) is 68.1 Å². The van der Waals surface area contributed by atoms with Crippen LogP contribution in [0.15, 0.2) is 58.6 Å². The third-order valence-corrected chi connectivity index (χ3v) is 7.58. The number of rotatable bonds is 5. The number of amides is 1. The molecule has 1 fully saturated rings. The van der Waals surface area contributed by atoms with E-state index in [0.717, 1.165) is 65.2 Å². The van der Waals surface area contributed by atoms with Crippen molar-refractivity contribution in [1.29, 1.82) is 0 Å². The standard InChI is InChI=1S/C25H26N4O3S/c30-25(22-12-18-14-26-23-6-3-7-24(33-22)29(18)23)27-13-17-8-10-28(11-9-17)15-19-16-31-20-4-1-2-5-21(20)32-19/h1-7,12,14,17,19H,8-11,13,15-16H2,(H,27,30)/t19-/m1/s1. The second kappa shape index (κ2) is 8.76. The molecule has 5 heterocycles. The lowest BCUT2D eigenvalue weighted by Crippen LogP contribution is -2.45. The number of likely N-dealkylation sites (tertiary alicyclic amines) is 1. The molecule has 6 rings (SSSR count). The van der Waals surface area contributed by atoms with Crippen molar-refractivity contribution in [3.8, 4) is 11.5 Å². The molecule has 1 amide bonds. The Morgan fingerprint density at radius 1 is 1.12 bits per heavy atom. The average Bonchev–Trinajstić information content (AvgIpc) is 3.28. The monoisotopic (exact) mass is 462 g/mol. The van der Waals surface area contributed by atoms with Crippen LogP contribution in [0.1, 0.15) is 18.5 Å². The van der Waals surface area contributed by atoms with E-state index in [1.54, 1.807) is 0 Å². The van der Waals surface area contributed by atoms with E-state index in [2.05, 4.69) is 19.6 Å². The van der Waals surface area contributed by atoms with Crippen LogP contribution in [0.2, 0.25) is 0 Å². The van der Waals surface area contributed by atoms with Gasteiger partial charge in [0.05, 0.1) is 21.8 Å². The summed E-state index contributed by atoms with van der Waals surface area (Å²) in [6.07, 6.45) is 5.96. The molecule has 8 heteroatoms. The molecule has 0 radical (unpaired) electrons. The molecule has 33 heavy (non-hydrogen) atoms. The van der Waals surface area contributed by atoms with E-state index in [1.807, 2.05) is 54.7 Å². The zero-order chi connectivity index (χ0) is 22.2. The van der Waals surface area contributed by atoms with Crippen molar-refractivity contribution in [2.24, 2.45) is 5.92 Å². The van der Waals surface area contributed by atoms with Crippen LogP contribution in [0, 0.1) is 5.92 Å². The number of imidazole rings is 1. The maximum atomic E-state index is 12.8. The number of benzene rings is 1. The van der Waals surface area contributed by atoms with Gasteiger partial charge in [-0.3, -0.25) is 14.1 Å². The highest BCUT2D eigenvalue weighted by molar-refractivity contribution is 8.04. The molecule has 170 valence electrons. The number of pyridine rings is 1. The molecule has 1 N–H and O–H groups in total. The lowest BCUT2D eigenvalue weighted by Gasteiger charge is -2.35. The van der Waals surface area contributed by atoms with Gasteiger partial charge in [0.15, 0.2) is 11.5 Å². The molecule has 1 saturated heterocycles. The molecule has 0 aliphatic carbocycles. The van der Waals surface area contributed by atoms with E-state index < -0.39 is 0 Å². The van der Waals surface area contributed by atoms with E-state index >= 15 is 0 Å². The smallest absolute Gasteiger partial charge is 0.258 e. The lowest BCUT2D eigenvalue weighted by molar-refractivity contribution is -0.117. The summed E-state index contributed by atoms with van der Waals surface area (Å²) in [6.45, 7) is 4.20. The van der Waals surface area contributed by atoms with E-state index in [4.69, 9.17) is 9.47 Å². The number of piperidine rings is 1. The van der Waals surface area contributed by atoms with Crippen LogP contribution < -0.4 is 14.8 Å². The van der Waals surface area contributed by atoms with Gasteiger partial charge in [-0.15, -0.1) is 0 Å². The van der Waals surface area contributed by atoms with Gasteiger partial charge in [-0.05, 0) is 62.2 Å². The number of nitrogens with zero attached hydrogens (tertiary/aromatic N) is 3. The molecule has 1 aromatic carbocycles. The molecule has 0 unspecified atom stereocenters. The fraction of sp³-hybridized carbons (Fsp3) is 0.360. The Hall–Kier alpha value is -2.97. The molecule has 3 aliphatic heterocycles. The fourth-order valence-electron chi connectivity index (χ4n) is 4.74. The highest BCUT2D eigenvalue weighted by Gasteiger charge is 2.27. The number of fused-ring (bicyclic) bond motifs is 1. The van der Waals surface area contributed by atoms with Crippen molar-refractivity contribution in [2.75, 3.05) is 32.8 Å². The number of carbonyl (C=O) groups excluding carboxylic acids is 1. The summed E-state index contributed by atoms with van der Waals surface area (Å²) in [4.78, 5) is 20.4. The molecule has 0 spiro atoms. The van der Waals surface area contributed by atoms with Gasteiger partial charge in [-0.1, -0.05) is 30.0 Å². The molecule has 2 aromatic heterocycles. The van der Waals surface area contributed by atoms with Crippen LogP contribution in [0.5, 0.6) is 11.5 Å². The first-order valence-corrected chi connectivity index (χ1v) is 12.3. The van der Waals surface area contributed by atoms with Gasteiger partial charge >= 0.3 is 0 Å². The van der Waals surface area contributed by atoms with Gasteiger partial charge in [0, 0.05) is 13.1 Å². The van der Waals surface area contributed by atoms with Crippen molar-refractivity contribution in [3.05, 3.63) is 59.3 Å². The molecule has 7 nitrogen and oxygen atoms in total. The quantitative estimate of drug-likeness (QED) is 0.627. The molecule has 1 atom stereocenters. The Morgan fingerprint density at radius 2 is 1.97 bits per heavy atom. The van der Waals surface area contributed by atoms with Crippen LogP contribution in [0.4, 0.5) is 0 Å². The summed E-state index contributed by atoms with van der Waals surface area (Å²) >= 11 is 1.50. The molecule has 3 aromatic rings. The van der Waals surface area contributed by atoms with E-state index in [0.29, 0.717) is 19.1 Å². The van der Waals surface area contributed by atoms with Crippen LogP contribution in [-0.2, 0) is 4.79 Å². The van der Waals surface area contributed by atoms with Gasteiger partial charge in [-0.25, -0.2) is 4.98 Å². The summed E-state index contributed by atoms with van der Waals surface area (Å²) in [5.41, 5.74) is 1.86. The van der Waals surface area contributed by atoms with Crippen LogP contribution >= 0.6 is 11.8 Å². The van der Waals surface area contributed by atoms with Gasteiger partial charge in [0.25, 0.3) is 5.91 Å². The SMILES string of the molecule is O=C(NCC1CCN(C[C@@H]2COc3ccccc3O2)CC1)C1=Cc2cnc3cccc(n23)S1. The molecule has 0 saturated carbocycles. The predicted molar refractivity (Wildman–Crippen MR) is 128 cm³/mol. The van der Waals surface area contributed by atoms with E-state index in [1.165, 1.54) is 11.8 Å². The Labute approximate surface area is 196 Å².